The third-order valence-corrected chi connectivity index (χ3v) is 13.3. The van der Waals surface area contributed by atoms with Crippen molar-refractivity contribution in [2.75, 3.05) is 6.61 Å². The first kappa shape index (κ1) is 25.4. The third-order valence-electron chi connectivity index (χ3n) is 7.13. The van der Waals surface area contributed by atoms with Gasteiger partial charge in [-0.15, -0.1) is 0 Å². The maximum absolute atomic E-state index is 11.0. The maximum atomic E-state index is 11.0. The van der Waals surface area contributed by atoms with Crippen molar-refractivity contribution in [2.45, 2.75) is 126 Å². The van der Waals surface area contributed by atoms with Gasteiger partial charge in [0.05, 0.1) is 11.7 Å². The molecule has 0 aromatic carbocycles. The molecule has 5 atom stereocenters. The molecule has 2 heterocycles. The molecule has 2 aliphatic heterocycles. The average Bonchev–Trinajstić information content (AvgIpc) is 2.69. The highest BCUT2D eigenvalue weighted by Crippen LogP contribution is 2.41. The topological polar surface area (TPSA) is 47.9 Å². The second-order valence-electron chi connectivity index (χ2n) is 9.64. The van der Waals surface area contributed by atoms with E-state index >= 15 is 0 Å². The van der Waals surface area contributed by atoms with Crippen LogP contribution in [-0.4, -0.2) is 53.9 Å². The number of aliphatic hydroxyl groups excluding tert-OH is 1. The Morgan fingerprint density at radius 3 is 2.31 bits per heavy atom. The fourth-order valence-electron chi connectivity index (χ4n) is 4.54. The van der Waals surface area contributed by atoms with Gasteiger partial charge in [0.1, 0.15) is 11.7 Å². The van der Waals surface area contributed by atoms with Gasteiger partial charge in [-0.3, -0.25) is 0 Å². The maximum Gasteiger partial charge on any atom is 0.192 e. The second kappa shape index (κ2) is 9.71. The lowest BCUT2D eigenvalue weighted by Crippen LogP contribution is -2.55. The van der Waals surface area contributed by atoms with Crippen LogP contribution in [0.15, 0.2) is 0 Å². The van der Waals surface area contributed by atoms with E-state index in [-0.39, 0.29) is 16.5 Å². The van der Waals surface area contributed by atoms with Crippen molar-refractivity contribution in [3.05, 3.63) is 0 Å². The number of halogens is 1. The molecular formula is C23H41BrO4Si. The zero-order chi connectivity index (χ0) is 21.9. The summed E-state index contributed by atoms with van der Waals surface area (Å²) in [7, 11) is -1.76. The number of rotatable bonds is 6. The van der Waals surface area contributed by atoms with E-state index in [2.05, 4.69) is 62.4 Å². The molecule has 0 aromatic heterocycles. The van der Waals surface area contributed by atoms with E-state index in [0.29, 0.717) is 6.61 Å². The molecule has 2 aliphatic rings. The summed E-state index contributed by atoms with van der Waals surface area (Å²) >= 11 is 3.70. The molecule has 0 radical (unpaired) electrons. The summed E-state index contributed by atoms with van der Waals surface area (Å²) in [5.74, 6) is 6.39. The fraction of sp³-hybridized carbons (Fsp3) is 0.913. The van der Waals surface area contributed by atoms with Crippen molar-refractivity contribution in [1.29, 1.82) is 0 Å². The minimum atomic E-state index is -1.76. The normalized spacial score (nSPS) is 36.2. The average molecular weight is 490 g/mol. The highest BCUT2D eigenvalue weighted by atomic mass is 79.9. The van der Waals surface area contributed by atoms with E-state index in [9.17, 15) is 5.11 Å². The van der Waals surface area contributed by atoms with E-state index < -0.39 is 25.6 Å². The highest BCUT2D eigenvalue weighted by Gasteiger charge is 2.47. The first-order valence-corrected chi connectivity index (χ1v) is 14.8. The van der Waals surface area contributed by atoms with E-state index in [1.807, 2.05) is 13.8 Å². The van der Waals surface area contributed by atoms with Crippen molar-refractivity contribution in [3.63, 3.8) is 0 Å². The lowest BCUT2D eigenvalue weighted by Gasteiger charge is -2.47. The number of alkyl halides is 1. The van der Waals surface area contributed by atoms with E-state index in [4.69, 9.17) is 13.9 Å². The van der Waals surface area contributed by atoms with E-state index in [0.717, 1.165) is 43.8 Å². The van der Waals surface area contributed by atoms with Crippen LogP contribution in [0.25, 0.3) is 0 Å². The molecule has 0 bridgehead atoms. The summed E-state index contributed by atoms with van der Waals surface area (Å²) in [6.45, 7) is 15.5. The Labute approximate surface area is 187 Å². The van der Waals surface area contributed by atoms with Crippen LogP contribution in [0, 0.1) is 11.8 Å². The third kappa shape index (κ3) is 5.67. The second-order valence-corrected chi connectivity index (χ2v) is 15.5. The number of aliphatic hydroxyl groups is 1. The van der Waals surface area contributed by atoms with Crippen LogP contribution in [0.5, 0.6) is 0 Å². The van der Waals surface area contributed by atoms with Crippen LogP contribution in [-0.2, 0) is 13.9 Å². The van der Waals surface area contributed by atoms with Crippen molar-refractivity contribution in [2.24, 2.45) is 0 Å². The number of hydrogen-bond donors (Lipinski definition) is 1. The minimum absolute atomic E-state index is 0.0362. The van der Waals surface area contributed by atoms with Gasteiger partial charge in [0.2, 0.25) is 0 Å². The zero-order valence-corrected chi connectivity index (χ0v) is 22.0. The number of hydrogen-bond acceptors (Lipinski definition) is 4. The molecule has 1 N–H and O–H groups in total. The summed E-state index contributed by atoms with van der Waals surface area (Å²) in [4.78, 5) is 0.274. The Hall–Kier alpha value is 0.0969. The Morgan fingerprint density at radius 1 is 1.14 bits per heavy atom. The van der Waals surface area contributed by atoms with Crippen LogP contribution in [0.2, 0.25) is 18.1 Å². The molecule has 2 rings (SSSR count). The van der Waals surface area contributed by atoms with Gasteiger partial charge in [-0.25, -0.2) is 0 Å². The van der Waals surface area contributed by atoms with Crippen LogP contribution >= 0.6 is 15.9 Å². The molecule has 4 nitrogen and oxygen atoms in total. The molecular weight excluding hydrogens is 448 g/mol. The Bertz CT molecular complexity index is 603. The van der Waals surface area contributed by atoms with Crippen molar-refractivity contribution in [1.82, 2.24) is 0 Å². The predicted octanol–water partition coefficient (Wildman–Crippen LogP) is 5.42. The Morgan fingerprint density at radius 2 is 1.76 bits per heavy atom. The van der Waals surface area contributed by atoms with Crippen molar-refractivity contribution < 1.29 is 19.0 Å². The molecule has 29 heavy (non-hydrogen) atoms. The quantitative estimate of drug-likeness (QED) is 0.308. The van der Waals surface area contributed by atoms with Crippen LogP contribution in [0.3, 0.4) is 0 Å². The van der Waals surface area contributed by atoms with Gasteiger partial charge in [-0.1, -0.05) is 48.5 Å². The largest absolute Gasteiger partial charge is 0.410 e. The highest BCUT2D eigenvalue weighted by molar-refractivity contribution is 9.09. The van der Waals surface area contributed by atoms with E-state index in [1.54, 1.807) is 0 Å². The fourth-order valence-corrected chi connectivity index (χ4v) is 7.81. The van der Waals surface area contributed by atoms with Gasteiger partial charge in [0.25, 0.3) is 0 Å². The standard InChI is InChI=1S/C23H41BrO4Si/c1-8-29(9-2,10-3)27-20-12-11-17-26-23(20,7)16-14-19(25)22(6)15-13-18(24)21(4,5)28-22/h18-20,25H,8-13,15,17H2,1-7H3/t18-,19?,20-,22+,23+/m1/s1. The molecule has 0 saturated carbocycles. The molecule has 2 fully saturated rings. The predicted molar refractivity (Wildman–Crippen MR) is 125 cm³/mol. The molecule has 0 amide bonds. The minimum Gasteiger partial charge on any atom is -0.410 e. The van der Waals surface area contributed by atoms with Gasteiger partial charge >= 0.3 is 0 Å². The van der Waals surface area contributed by atoms with Gasteiger partial charge in [0, 0.05) is 11.4 Å². The van der Waals surface area contributed by atoms with Crippen LogP contribution in [0.1, 0.15) is 74.1 Å². The van der Waals surface area contributed by atoms with Crippen LogP contribution < -0.4 is 0 Å². The van der Waals surface area contributed by atoms with Gasteiger partial charge < -0.3 is 19.0 Å². The molecule has 2 saturated heterocycles. The molecule has 168 valence electrons. The van der Waals surface area contributed by atoms with Crippen molar-refractivity contribution in [3.8, 4) is 11.8 Å². The Kier molecular flexibility index (Phi) is 8.49. The summed E-state index contributed by atoms with van der Waals surface area (Å²) in [6.07, 6.45) is 2.76. The van der Waals surface area contributed by atoms with Gasteiger partial charge in [-0.2, -0.15) is 0 Å². The molecule has 0 aliphatic carbocycles. The summed E-state index contributed by atoms with van der Waals surface area (Å²) in [6, 6.07) is 3.33. The molecule has 0 spiro atoms. The number of ether oxygens (including phenoxy) is 2. The monoisotopic (exact) mass is 488 g/mol. The first-order chi connectivity index (χ1) is 13.5. The zero-order valence-electron chi connectivity index (χ0n) is 19.4. The van der Waals surface area contributed by atoms with Gasteiger partial charge in [-0.05, 0) is 71.5 Å². The lowest BCUT2D eigenvalue weighted by molar-refractivity contribution is -0.191. The van der Waals surface area contributed by atoms with E-state index in [1.165, 1.54) is 0 Å². The van der Waals surface area contributed by atoms with Gasteiger partial charge in [0.15, 0.2) is 13.9 Å². The summed E-state index contributed by atoms with van der Waals surface area (Å²) in [5.41, 5.74) is -1.71. The lowest BCUT2D eigenvalue weighted by atomic mass is 9.84. The Balaban J connectivity index is 2.21. The van der Waals surface area contributed by atoms with Crippen LogP contribution in [0.4, 0.5) is 0 Å². The SMILES string of the molecule is CC[Si](CC)(CC)O[C@@H]1CCCO[C@@]1(C)C#CC(O)[C@]1(C)CC[C@@H](Br)C(C)(C)O1. The van der Waals surface area contributed by atoms with Crippen molar-refractivity contribution >= 4 is 24.2 Å². The first-order valence-electron chi connectivity index (χ1n) is 11.3. The molecule has 0 aromatic rings. The molecule has 6 heteroatoms. The summed E-state index contributed by atoms with van der Waals surface area (Å²) < 4.78 is 19.2. The smallest absolute Gasteiger partial charge is 0.192 e. The molecule has 1 unspecified atom stereocenters. The summed E-state index contributed by atoms with van der Waals surface area (Å²) in [5, 5.41) is 11.0.